The second kappa shape index (κ2) is 8.09. The van der Waals surface area contributed by atoms with Gasteiger partial charge >= 0.3 is 12.5 Å². The molecular weight excluding hydrogens is 461 g/mol. The standard InChI is InChI=1S/C22H24F5N5O2/c1-11(12-4-2-3-5-13(10-12)21(23,24)25)6-9-16-29-19-14-7-8-15-18(34-22(26,27)33-15)17(14)30-20(28)32(19)31-16/h7-8,11-13H,2-6,9-10H2,1H3,(H2,28,30). The fourth-order valence-electron chi connectivity index (χ4n) is 5.05. The first-order valence-electron chi connectivity index (χ1n) is 11.3. The summed E-state index contributed by atoms with van der Waals surface area (Å²) in [5.74, 6) is -1.16. The molecule has 0 bridgehead atoms. The zero-order chi connectivity index (χ0) is 24.3. The van der Waals surface area contributed by atoms with E-state index in [0.29, 0.717) is 36.1 Å². The number of ether oxygens (including phenoxy) is 2. The number of aryl methyl sites for hydroxylation is 1. The van der Waals surface area contributed by atoms with Crippen molar-refractivity contribution in [2.24, 2.45) is 17.8 Å². The van der Waals surface area contributed by atoms with E-state index in [-0.39, 0.29) is 47.6 Å². The van der Waals surface area contributed by atoms with Crippen LogP contribution in [-0.2, 0) is 6.42 Å². The largest absolute Gasteiger partial charge is 0.586 e. The van der Waals surface area contributed by atoms with Gasteiger partial charge in [-0.3, -0.25) is 0 Å². The van der Waals surface area contributed by atoms with Crippen LogP contribution in [0, 0.1) is 17.8 Å². The normalized spacial score (nSPS) is 23.4. The number of hydrogen-bond donors (Lipinski definition) is 1. The molecular formula is C22H24F5N5O2. The maximum absolute atomic E-state index is 13.5. The number of aromatic nitrogens is 4. The predicted octanol–water partition coefficient (Wildman–Crippen LogP) is 5.51. The number of benzene rings is 1. The van der Waals surface area contributed by atoms with Gasteiger partial charge in [0.25, 0.3) is 0 Å². The van der Waals surface area contributed by atoms with E-state index >= 15 is 0 Å². The van der Waals surface area contributed by atoms with Gasteiger partial charge in [-0.15, -0.1) is 13.9 Å². The molecule has 3 aromatic rings. The van der Waals surface area contributed by atoms with E-state index < -0.39 is 18.4 Å². The SMILES string of the molecule is CC(CCc1nc2c3ccc4c(c3nc(N)n2n1)OC(F)(F)O4)C1CCCCC(C(F)(F)F)C1. The lowest BCUT2D eigenvalue weighted by molar-refractivity contribution is -0.286. The fourth-order valence-corrected chi connectivity index (χ4v) is 5.05. The van der Waals surface area contributed by atoms with Crippen LogP contribution in [0.25, 0.3) is 16.6 Å². The minimum Gasteiger partial charge on any atom is -0.395 e. The Kier molecular flexibility index (Phi) is 5.44. The number of fused-ring (bicyclic) bond motifs is 5. The van der Waals surface area contributed by atoms with Crippen molar-refractivity contribution in [1.29, 1.82) is 0 Å². The van der Waals surface area contributed by atoms with Crippen LogP contribution in [0.4, 0.5) is 27.9 Å². The Morgan fingerprint density at radius 1 is 1.18 bits per heavy atom. The van der Waals surface area contributed by atoms with Gasteiger partial charge in [0.2, 0.25) is 5.95 Å². The van der Waals surface area contributed by atoms with Gasteiger partial charge in [0, 0.05) is 11.8 Å². The van der Waals surface area contributed by atoms with Gasteiger partial charge in [0.15, 0.2) is 23.0 Å². The third-order valence-electron chi connectivity index (χ3n) is 6.94. The summed E-state index contributed by atoms with van der Waals surface area (Å²) in [6.07, 6.45) is -4.34. The van der Waals surface area contributed by atoms with Crippen molar-refractivity contribution in [2.45, 2.75) is 64.3 Å². The first-order chi connectivity index (χ1) is 16.0. The number of nitrogens with zero attached hydrogens (tertiary/aromatic N) is 4. The smallest absolute Gasteiger partial charge is 0.395 e. The molecule has 1 aromatic carbocycles. The lowest BCUT2D eigenvalue weighted by Crippen LogP contribution is -2.26. The van der Waals surface area contributed by atoms with E-state index in [2.05, 4.69) is 24.5 Å². The Bertz CT molecular complexity index is 1230. The van der Waals surface area contributed by atoms with Crippen LogP contribution >= 0.6 is 0 Å². The quantitative estimate of drug-likeness (QED) is 0.387. The Balaban J connectivity index is 1.37. The molecule has 34 heavy (non-hydrogen) atoms. The highest BCUT2D eigenvalue weighted by molar-refractivity contribution is 5.97. The molecule has 12 heteroatoms. The lowest BCUT2D eigenvalue weighted by Gasteiger charge is -2.26. The summed E-state index contributed by atoms with van der Waals surface area (Å²) >= 11 is 0. The average Bonchev–Trinajstić information content (AvgIpc) is 3.21. The molecule has 2 aromatic heterocycles. The highest BCUT2D eigenvalue weighted by atomic mass is 19.4. The van der Waals surface area contributed by atoms with Crippen molar-refractivity contribution in [3.63, 3.8) is 0 Å². The van der Waals surface area contributed by atoms with Crippen LogP contribution in [0.15, 0.2) is 12.1 Å². The Hall–Kier alpha value is -2.92. The third-order valence-corrected chi connectivity index (χ3v) is 6.94. The summed E-state index contributed by atoms with van der Waals surface area (Å²) in [5.41, 5.74) is 6.42. The molecule has 0 radical (unpaired) electrons. The molecule has 5 rings (SSSR count). The van der Waals surface area contributed by atoms with E-state index in [4.69, 9.17) is 5.73 Å². The molecule has 2 N–H and O–H groups in total. The fraction of sp³-hybridized carbons (Fsp3) is 0.591. The number of rotatable bonds is 4. The summed E-state index contributed by atoms with van der Waals surface area (Å²) < 4.78 is 77.4. The number of alkyl halides is 5. The Morgan fingerprint density at radius 3 is 2.71 bits per heavy atom. The molecule has 0 amide bonds. The molecule has 1 aliphatic heterocycles. The maximum Gasteiger partial charge on any atom is 0.586 e. The summed E-state index contributed by atoms with van der Waals surface area (Å²) in [7, 11) is 0. The highest BCUT2D eigenvalue weighted by Crippen LogP contribution is 2.46. The summed E-state index contributed by atoms with van der Waals surface area (Å²) in [5, 5.41) is 4.81. The van der Waals surface area contributed by atoms with Gasteiger partial charge in [-0.2, -0.15) is 17.7 Å². The van der Waals surface area contributed by atoms with Crippen molar-refractivity contribution in [3.05, 3.63) is 18.0 Å². The summed E-state index contributed by atoms with van der Waals surface area (Å²) in [6, 6.07) is 2.88. The van der Waals surface area contributed by atoms with E-state index in [1.807, 2.05) is 6.92 Å². The van der Waals surface area contributed by atoms with Crippen LogP contribution in [0.5, 0.6) is 11.5 Å². The number of halogens is 5. The van der Waals surface area contributed by atoms with Gasteiger partial charge in [0.05, 0.1) is 5.92 Å². The second-order valence-electron chi connectivity index (χ2n) is 9.22. The molecule has 3 unspecified atom stereocenters. The molecule has 1 fully saturated rings. The monoisotopic (exact) mass is 485 g/mol. The minimum absolute atomic E-state index is 0.0138. The average molecular weight is 485 g/mol. The van der Waals surface area contributed by atoms with Crippen molar-refractivity contribution in [2.75, 3.05) is 5.73 Å². The van der Waals surface area contributed by atoms with E-state index in [1.165, 1.54) is 16.6 Å². The van der Waals surface area contributed by atoms with E-state index in [0.717, 1.165) is 12.8 Å². The Morgan fingerprint density at radius 2 is 1.94 bits per heavy atom. The van der Waals surface area contributed by atoms with Gasteiger partial charge < -0.3 is 15.2 Å². The summed E-state index contributed by atoms with van der Waals surface area (Å²) in [6.45, 7) is 1.98. The molecule has 7 nitrogen and oxygen atoms in total. The number of hydrogen-bond acceptors (Lipinski definition) is 6. The third kappa shape index (κ3) is 4.18. The van der Waals surface area contributed by atoms with Crippen LogP contribution in [0.2, 0.25) is 0 Å². The van der Waals surface area contributed by atoms with Crippen molar-refractivity contribution in [3.8, 4) is 11.5 Å². The first-order valence-corrected chi connectivity index (χ1v) is 11.3. The van der Waals surface area contributed by atoms with Crippen LogP contribution < -0.4 is 15.2 Å². The zero-order valence-corrected chi connectivity index (χ0v) is 18.4. The van der Waals surface area contributed by atoms with Crippen molar-refractivity contribution in [1.82, 2.24) is 19.6 Å². The number of anilines is 1. The molecule has 3 heterocycles. The van der Waals surface area contributed by atoms with Crippen molar-refractivity contribution >= 4 is 22.5 Å². The molecule has 0 spiro atoms. The Labute approximate surface area is 191 Å². The molecule has 0 saturated heterocycles. The van der Waals surface area contributed by atoms with Gasteiger partial charge in [-0.25, -0.2) is 9.97 Å². The highest BCUT2D eigenvalue weighted by Gasteiger charge is 2.45. The van der Waals surface area contributed by atoms with Crippen LogP contribution in [0.1, 0.15) is 51.3 Å². The second-order valence-corrected chi connectivity index (χ2v) is 9.22. The number of nitrogens with two attached hydrogens (primary N) is 1. The van der Waals surface area contributed by atoms with Crippen molar-refractivity contribution < 1.29 is 31.4 Å². The molecule has 184 valence electrons. The molecule has 1 aliphatic carbocycles. The van der Waals surface area contributed by atoms with E-state index in [1.54, 1.807) is 0 Å². The minimum atomic E-state index is -4.16. The van der Waals surface area contributed by atoms with Gasteiger partial charge in [-0.05, 0) is 43.2 Å². The van der Waals surface area contributed by atoms with Gasteiger partial charge in [0.1, 0.15) is 5.52 Å². The first kappa shape index (κ1) is 22.9. The maximum atomic E-state index is 13.5. The molecule has 3 atom stereocenters. The van der Waals surface area contributed by atoms with Crippen LogP contribution in [0.3, 0.4) is 0 Å². The van der Waals surface area contributed by atoms with Gasteiger partial charge in [-0.1, -0.05) is 26.2 Å². The molecule has 2 aliphatic rings. The van der Waals surface area contributed by atoms with Crippen LogP contribution in [-0.4, -0.2) is 32.1 Å². The van der Waals surface area contributed by atoms with E-state index in [9.17, 15) is 22.0 Å². The number of nitrogen functional groups attached to an aromatic ring is 1. The molecule has 1 saturated carbocycles. The zero-order valence-electron chi connectivity index (χ0n) is 18.4. The topological polar surface area (TPSA) is 87.6 Å². The lowest BCUT2D eigenvalue weighted by atomic mass is 9.81. The summed E-state index contributed by atoms with van der Waals surface area (Å²) in [4.78, 5) is 8.68. The predicted molar refractivity (Wildman–Crippen MR) is 113 cm³/mol.